The molecule has 9 heteroatoms. The summed E-state index contributed by atoms with van der Waals surface area (Å²) in [5.41, 5.74) is 6.87. The first-order valence-electron chi connectivity index (χ1n) is 9.36. The highest BCUT2D eigenvalue weighted by molar-refractivity contribution is 7.92. The van der Waals surface area contributed by atoms with Crippen LogP contribution in [-0.4, -0.2) is 32.0 Å². The van der Waals surface area contributed by atoms with Crippen LogP contribution in [0.25, 0.3) is 0 Å². The number of sulfonamides is 1. The van der Waals surface area contributed by atoms with Gasteiger partial charge in [0, 0.05) is 22.6 Å². The van der Waals surface area contributed by atoms with Crippen molar-refractivity contribution in [1.82, 2.24) is 5.32 Å². The van der Waals surface area contributed by atoms with Crippen LogP contribution in [0, 0.1) is 12.3 Å². The number of nitrogens with one attached hydrogen (secondary N) is 2. The summed E-state index contributed by atoms with van der Waals surface area (Å²) in [5, 5.41) is 2.88. The minimum absolute atomic E-state index is 0.308. The van der Waals surface area contributed by atoms with Gasteiger partial charge in [-0.2, -0.15) is 0 Å². The fourth-order valence-corrected chi connectivity index (χ4v) is 3.46. The molecule has 0 saturated heterocycles. The van der Waals surface area contributed by atoms with Crippen molar-refractivity contribution >= 4 is 38.9 Å². The molecule has 31 heavy (non-hydrogen) atoms. The first-order chi connectivity index (χ1) is 14.3. The summed E-state index contributed by atoms with van der Waals surface area (Å²) in [7, 11) is -3.47. The van der Waals surface area contributed by atoms with Crippen LogP contribution in [-0.2, 0) is 19.6 Å². The van der Waals surface area contributed by atoms with E-state index in [0.717, 1.165) is 6.26 Å². The number of benzene rings is 2. The molecule has 0 bridgehead atoms. The number of rotatable bonds is 6. The van der Waals surface area contributed by atoms with Gasteiger partial charge in [-0.05, 0) is 68.7 Å². The van der Waals surface area contributed by atoms with Crippen LogP contribution in [0.4, 0.5) is 17.1 Å². The van der Waals surface area contributed by atoms with Crippen molar-refractivity contribution < 1.29 is 18.0 Å². The summed E-state index contributed by atoms with van der Waals surface area (Å²) < 4.78 is 25.2. The van der Waals surface area contributed by atoms with E-state index >= 15 is 0 Å². The predicted molar refractivity (Wildman–Crippen MR) is 123 cm³/mol. The van der Waals surface area contributed by atoms with Crippen LogP contribution in [0.5, 0.6) is 0 Å². The summed E-state index contributed by atoms with van der Waals surface area (Å²) in [6.45, 7) is 5.47. The van der Waals surface area contributed by atoms with Gasteiger partial charge in [-0.3, -0.25) is 19.2 Å². The smallest absolute Gasteiger partial charge is 0.303 e. The Morgan fingerprint density at radius 1 is 1.06 bits per heavy atom. The molecular weight excluding hydrogens is 416 g/mol. The molecule has 8 nitrogen and oxygen atoms in total. The Morgan fingerprint density at radius 2 is 1.61 bits per heavy atom. The molecule has 0 aliphatic carbocycles. The molecule has 2 aromatic rings. The molecular formula is C22H26N4O4S. The van der Waals surface area contributed by atoms with Crippen molar-refractivity contribution in [3.8, 4) is 12.3 Å². The van der Waals surface area contributed by atoms with E-state index in [2.05, 4.69) is 16.0 Å². The summed E-state index contributed by atoms with van der Waals surface area (Å²) in [6.07, 6.45) is 6.44. The number of hydrogen-bond donors (Lipinski definition) is 3. The lowest BCUT2D eigenvalue weighted by molar-refractivity contribution is -0.126. The molecule has 0 aliphatic heterocycles. The number of carbonyl (C=O) groups is 2. The summed E-state index contributed by atoms with van der Waals surface area (Å²) in [5.74, 6) is 0.908. The lowest BCUT2D eigenvalue weighted by atomic mass is 10.0. The Balaban J connectivity index is 2.58. The van der Waals surface area contributed by atoms with Gasteiger partial charge in [0.15, 0.2) is 0 Å². The molecule has 2 amide bonds. The van der Waals surface area contributed by atoms with Gasteiger partial charge >= 0.3 is 5.91 Å². The SMILES string of the molecule is C#CC(=O)N(c1ccc(NS(C)(=O)=O)cc1)C(C(=O)NC(C)(C)C)c1ccc(N)cc1. The van der Waals surface area contributed by atoms with Crippen molar-refractivity contribution in [2.75, 3.05) is 21.6 Å². The Bertz CT molecular complexity index is 1100. The monoisotopic (exact) mass is 442 g/mol. The molecule has 0 fully saturated rings. The average molecular weight is 443 g/mol. The van der Waals surface area contributed by atoms with Gasteiger partial charge in [0.1, 0.15) is 6.04 Å². The Morgan fingerprint density at radius 3 is 2.06 bits per heavy atom. The molecule has 1 unspecified atom stereocenters. The van der Waals surface area contributed by atoms with Crippen LogP contribution in [0.15, 0.2) is 48.5 Å². The molecule has 0 spiro atoms. The van der Waals surface area contributed by atoms with Crippen LogP contribution < -0.4 is 20.7 Å². The molecule has 0 radical (unpaired) electrons. The Labute approximate surface area is 182 Å². The van der Waals surface area contributed by atoms with Crippen LogP contribution >= 0.6 is 0 Å². The second-order valence-electron chi connectivity index (χ2n) is 8.05. The fourth-order valence-electron chi connectivity index (χ4n) is 2.89. The number of terminal acetylenes is 1. The largest absolute Gasteiger partial charge is 0.399 e. The molecule has 1 atom stereocenters. The number of hydrogen-bond acceptors (Lipinski definition) is 5. The zero-order valence-electron chi connectivity index (χ0n) is 17.8. The maximum absolute atomic E-state index is 13.2. The molecule has 0 aliphatic rings. The third-order valence-corrected chi connectivity index (χ3v) is 4.65. The standard InChI is InChI=1S/C22H26N4O4S/c1-6-19(27)26(18-13-11-17(12-14-18)25-31(5,29)30)20(21(28)24-22(2,3)4)15-7-9-16(23)10-8-15/h1,7-14,20,25H,23H2,2-5H3,(H,24,28). The van der Waals surface area contributed by atoms with Crippen molar-refractivity contribution in [1.29, 1.82) is 0 Å². The minimum Gasteiger partial charge on any atom is -0.399 e. The number of anilines is 3. The lowest BCUT2D eigenvalue weighted by Gasteiger charge is -2.32. The highest BCUT2D eigenvalue weighted by Crippen LogP contribution is 2.30. The first kappa shape index (κ1) is 23.8. The topological polar surface area (TPSA) is 122 Å². The van der Waals surface area contributed by atoms with E-state index in [9.17, 15) is 18.0 Å². The quantitative estimate of drug-likeness (QED) is 0.468. The number of nitrogens with two attached hydrogens (primary N) is 1. The van der Waals surface area contributed by atoms with Gasteiger partial charge in [0.05, 0.1) is 6.26 Å². The van der Waals surface area contributed by atoms with Crippen LogP contribution in [0.2, 0.25) is 0 Å². The minimum atomic E-state index is -3.47. The van der Waals surface area contributed by atoms with E-state index in [1.165, 1.54) is 29.2 Å². The van der Waals surface area contributed by atoms with Crippen molar-refractivity contribution in [2.24, 2.45) is 0 Å². The summed E-state index contributed by atoms with van der Waals surface area (Å²) in [6, 6.07) is 11.5. The van der Waals surface area contributed by atoms with E-state index in [4.69, 9.17) is 12.2 Å². The first-order valence-corrected chi connectivity index (χ1v) is 11.2. The van der Waals surface area contributed by atoms with Gasteiger partial charge < -0.3 is 11.1 Å². The van der Waals surface area contributed by atoms with Crippen molar-refractivity contribution in [2.45, 2.75) is 32.4 Å². The third-order valence-electron chi connectivity index (χ3n) is 4.05. The van der Waals surface area contributed by atoms with Gasteiger partial charge in [-0.1, -0.05) is 12.1 Å². The molecule has 0 saturated carbocycles. The van der Waals surface area contributed by atoms with Gasteiger partial charge in [-0.25, -0.2) is 8.42 Å². The van der Waals surface area contributed by atoms with Gasteiger partial charge in [-0.15, -0.1) is 6.42 Å². The maximum Gasteiger partial charge on any atom is 0.303 e. The zero-order valence-corrected chi connectivity index (χ0v) is 18.7. The molecule has 2 aromatic carbocycles. The fraction of sp³-hybridized carbons (Fsp3) is 0.273. The van der Waals surface area contributed by atoms with Crippen LogP contribution in [0.1, 0.15) is 32.4 Å². The molecule has 164 valence electrons. The lowest BCUT2D eigenvalue weighted by Crippen LogP contribution is -2.49. The highest BCUT2D eigenvalue weighted by atomic mass is 32.2. The Hall–Kier alpha value is -3.51. The molecule has 0 heterocycles. The summed E-state index contributed by atoms with van der Waals surface area (Å²) >= 11 is 0. The van der Waals surface area contributed by atoms with Gasteiger partial charge in [0.2, 0.25) is 15.9 Å². The van der Waals surface area contributed by atoms with E-state index in [-0.39, 0.29) is 0 Å². The average Bonchev–Trinajstić information content (AvgIpc) is 2.64. The van der Waals surface area contributed by atoms with E-state index in [1.807, 2.05) is 20.8 Å². The molecule has 4 N–H and O–H groups in total. The number of carbonyl (C=O) groups excluding carboxylic acids is 2. The Kier molecular flexibility index (Phi) is 6.98. The maximum atomic E-state index is 13.2. The second kappa shape index (κ2) is 9.10. The number of nitrogens with zero attached hydrogens (tertiary/aromatic N) is 1. The zero-order chi connectivity index (χ0) is 23.4. The highest BCUT2D eigenvalue weighted by Gasteiger charge is 2.33. The second-order valence-corrected chi connectivity index (χ2v) is 9.80. The van der Waals surface area contributed by atoms with Gasteiger partial charge in [0.25, 0.3) is 0 Å². The van der Waals surface area contributed by atoms with E-state index in [0.29, 0.717) is 22.6 Å². The number of nitrogen functional groups attached to an aromatic ring is 1. The summed E-state index contributed by atoms with van der Waals surface area (Å²) in [4.78, 5) is 27.2. The number of amides is 2. The predicted octanol–water partition coefficient (Wildman–Crippen LogP) is 2.26. The normalized spacial score (nSPS) is 12.4. The van der Waals surface area contributed by atoms with E-state index < -0.39 is 33.4 Å². The van der Waals surface area contributed by atoms with Crippen molar-refractivity contribution in [3.05, 3.63) is 54.1 Å². The molecule has 2 rings (SSSR count). The molecule has 0 aromatic heterocycles. The van der Waals surface area contributed by atoms with E-state index in [1.54, 1.807) is 24.3 Å². The third kappa shape index (κ3) is 6.76. The van der Waals surface area contributed by atoms with Crippen LogP contribution in [0.3, 0.4) is 0 Å². The van der Waals surface area contributed by atoms with Crippen molar-refractivity contribution in [3.63, 3.8) is 0 Å².